The molecule has 1 aromatic heterocycles. The predicted molar refractivity (Wildman–Crippen MR) is 47.0 cm³/mol. The molecule has 0 spiro atoms. The second-order valence-corrected chi connectivity index (χ2v) is 5.60. The third-order valence-corrected chi connectivity index (χ3v) is 3.78. The summed E-state index contributed by atoms with van der Waals surface area (Å²) in [6, 6.07) is 0. The average molecular weight is 256 g/mol. The van der Waals surface area contributed by atoms with E-state index in [2.05, 4.69) is 18.3 Å². The standard InChI is InChI=1S/C5H8N2O6S2/c1-12-14(8,9)4-3-6-5(7-4)15(10,11)13-2/h3H,1-2H3,(H,6,7). The van der Waals surface area contributed by atoms with Gasteiger partial charge in [-0.15, -0.1) is 0 Å². The van der Waals surface area contributed by atoms with Gasteiger partial charge in [0.2, 0.25) is 0 Å². The summed E-state index contributed by atoms with van der Waals surface area (Å²) < 4.78 is 52.6. The number of aromatic nitrogens is 2. The highest BCUT2D eigenvalue weighted by Gasteiger charge is 2.22. The van der Waals surface area contributed by atoms with Crippen molar-refractivity contribution < 1.29 is 25.2 Å². The zero-order valence-corrected chi connectivity index (χ0v) is 9.42. The summed E-state index contributed by atoms with van der Waals surface area (Å²) in [6.45, 7) is 0. The Hall–Kier alpha value is -0.970. The van der Waals surface area contributed by atoms with E-state index in [9.17, 15) is 16.8 Å². The van der Waals surface area contributed by atoms with Gasteiger partial charge in [0.05, 0.1) is 20.4 Å². The SMILES string of the molecule is COS(=O)(=O)c1cnc(S(=O)(=O)OC)[nH]1. The Bertz CT molecular complexity index is 493. The van der Waals surface area contributed by atoms with E-state index in [1.807, 2.05) is 0 Å². The topological polar surface area (TPSA) is 115 Å². The molecule has 0 aliphatic carbocycles. The number of aromatic amines is 1. The molecule has 0 atom stereocenters. The van der Waals surface area contributed by atoms with Crippen LogP contribution in [0.25, 0.3) is 0 Å². The molecule has 8 nitrogen and oxygen atoms in total. The molecule has 0 fully saturated rings. The number of nitrogens with zero attached hydrogens (tertiary/aromatic N) is 1. The van der Waals surface area contributed by atoms with Crippen molar-refractivity contribution in [2.24, 2.45) is 0 Å². The lowest BCUT2D eigenvalue weighted by molar-refractivity contribution is 0.390. The molecule has 0 saturated heterocycles. The number of nitrogens with one attached hydrogen (secondary N) is 1. The fourth-order valence-electron chi connectivity index (χ4n) is 0.710. The van der Waals surface area contributed by atoms with Gasteiger partial charge in [0.1, 0.15) is 0 Å². The summed E-state index contributed by atoms with van der Waals surface area (Å²) in [7, 11) is -6.14. The van der Waals surface area contributed by atoms with E-state index in [0.29, 0.717) is 0 Å². The maximum absolute atomic E-state index is 11.1. The number of H-pyrrole nitrogens is 1. The predicted octanol–water partition coefficient (Wildman–Crippen LogP) is -0.920. The van der Waals surface area contributed by atoms with Gasteiger partial charge in [0.15, 0.2) is 5.03 Å². The summed E-state index contributed by atoms with van der Waals surface area (Å²) in [5, 5.41) is -1.05. The second-order valence-electron chi connectivity index (χ2n) is 2.29. The number of imidazole rings is 1. The van der Waals surface area contributed by atoms with Gasteiger partial charge in [0, 0.05) is 0 Å². The van der Waals surface area contributed by atoms with Crippen LogP contribution in [0.5, 0.6) is 0 Å². The molecule has 0 aromatic carbocycles. The van der Waals surface area contributed by atoms with Gasteiger partial charge in [-0.1, -0.05) is 0 Å². The summed E-state index contributed by atoms with van der Waals surface area (Å²) in [4.78, 5) is 5.40. The van der Waals surface area contributed by atoms with Crippen LogP contribution in [0.15, 0.2) is 16.4 Å². The van der Waals surface area contributed by atoms with Crippen molar-refractivity contribution in [2.45, 2.75) is 10.2 Å². The molecular weight excluding hydrogens is 248 g/mol. The highest BCUT2D eigenvalue weighted by Crippen LogP contribution is 2.12. The Morgan fingerprint density at radius 3 is 2.13 bits per heavy atom. The van der Waals surface area contributed by atoms with Crippen molar-refractivity contribution >= 4 is 20.2 Å². The van der Waals surface area contributed by atoms with Crippen LogP contribution in [-0.4, -0.2) is 41.0 Å². The first-order valence-corrected chi connectivity index (χ1v) is 6.31. The van der Waals surface area contributed by atoms with Gasteiger partial charge in [-0.05, 0) is 0 Å². The van der Waals surface area contributed by atoms with Crippen molar-refractivity contribution in [1.29, 1.82) is 0 Å². The summed E-state index contributed by atoms with van der Waals surface area (Å²) in [5.74, 6) is 0. The summed E-state index contributed by atoms with van der Waals surface area (Å²) in [6.07, 6.45) is 0.824. The van der Waals surface area contributed by atoms with Crippen molar-refractivity contribution in [3.05, 3.63) is 6.20 Å². The molecule has 1 N–H and O–H groups in total. The van der Waals surface area contributed by atoms with Gasteiger partial charge < -0.3 is 4.98 Å². The van der Waals surface area contributed by atoms with E-state index in [0.717, 1.165) is 20.4 Å². The van der Waals surface area contributed by atoms with Crippen molar-refractivity contribution in [3.8, 4) is 0 Å². The monoisotopic (exact) mass is 256 g/mol. The van der Waals surface area contributed by atoms with Gasteiger partial charge in [-0.2, -0.15) is 16.8 Å². The van der Waals surface area contributed by atoms with Crippen LogP contribution >= 0.6 is 0 Å². The Labute approximate surface area is 86.5 Å². The maximum Gasteiger partial charge on any atom is 0.330 e. The highest BCUT2D eigenvalue weighted by atomic mass is 32.2. The van der Waals surface area contributed by atoms with E-state index in [-0.39, 0.29) is 0 Å². The van der Waals surface area contributed by atoms with E-state index in [4.69, 9.17) is 0 Å². The first-order valence-electron chi connectivity index (χ1n) is 3.50. The molecule has 0 amide bonds. The molecule has 1 aromatic rings. The lowest BCUT2D eigenvalue weighted by Gasteiger charge is -1.96. The molecule has 0 radical (unpaired) electrons. The average Bonchev–Trinajstić information content (AvgIpc) is 2.67. The molecule has 0 bridgehead atoms. The van der Waals surface area contributed by atoms with Crippen LogP contribution in [0, 0.1) is 0 Å². The Kier molecular flexibility index (Phi) is 3.13. The largest absolute Gasteiger partial charge is 0.330 e. The number of hydrogen-bond donors (Lipinski definition) is 1. The van der Waals surface area contributed by atoms with Crippen molar-refractivity contribution in [2.75, 3.05) is 14.2 Å². The first kappa shape index (κ1) is 12.1. The van der Waals surface area contributed by atoms with Gasteiger partial charge >= 0.3 is 20.2 Å². The molecule has 10 heteroatoms. The Morgan fingerprint density at radius 2 is 1.67 bits per heavy atom. The van der Waals surface area contributed by atoms with Gasteiger partial charge in [-0.25, -0.2) is 4.98 Å². The minimum atomic E-state index is -4.03. The van der Waals surface area contributed by atoms with E-state index in [1.165, 1.54) is 0 Å². The Morgan fingerprint density at radius 1 is 1.13 bits per heavy atom. The summed E-state index contributed by atoms with van der Waals surface area (Å²) >= 11 is 0. The lowest BCUT2D eigenvalue weighted by atomic mass is 11.0. The fraction of sp³-hybridized carbons (Fsp3) is 0.400. The van der Waals surface area contributed by atoms with Gasteiger partial charge in [-0.3, -0.25) is 8.37 Å². The molecule has 0 saturated carbocycles. The third kappa shape index (κ3) is 2.34. The molecule has 1 rings (SSSR count). The fourth-order valence-corrected chi connectivity index (χ4v) is 1.93. The highest BCUT2D eigenvalue weighted by molar-refractivity contribution is 7.87. The van der Waals surface area contributed by atoms with Gasteiger partial charge in [0.25, 0.3) is 5.16 Å². The van der Waals surface area contributed by atoms with Crippen LogP contribution < -0.4 is 0 Å². The molecule has 0 unspecified atom stereocenters. The van der Waals surface area contributed by atoms with E-state index in [1.54, 1.807) is 0 Å². The number of hydrogen-bond acceptors (Lipinski definition) is 7. The third-order valence-electron chi connectivity index (χ3n) is 1.47. The molecule has 0 aliphatic heterocycles. The lowest BCUT2D eigenvalue weighted by Crippen LogP contribution is -2.07. The van der Waals surface area contributed by atoms with Crippen LogP contribution in [0.1, 0.15) is 0 Å². The van der Waals surface area contributed by atoms with Crippen molar-refractivity contribution in [1.82, 2.24) is 9.97 Å². The minimum absolute atomic E-state index is 0.458. The molecular formula is C5H8N2O6S2. The first-order chi connectivity index (χ1) is 6.83. The molecule has 15 heavy (non-hydrogen) atoms. The maximum atomic E-state index is 11.1. The quantitative estimate of drug-likeness (QED) is 0.692. The van der Waals surface area contributed by atoms with Crippen LogP contribution in [0.3, 0.4) is 0 Å². The minimum Gasteiger partial charge on any atom is -0.316 e. The smallest absolute Gasteiger partial charge is 0.316 e. The van der Waals surface area contributed by atoms with E-state index < -0.39 is 30.4 Å². The summed E-state index contributed by atoms with van der Waals surface area (Å²) in [5.41, 5.74) is 0. The normalized spacial score (nSPS) is 12.9. The molecule has 0 aliphatic rings. The molecule has 1 heterocycles. The van der Waals surface area contributed by atoms with Crippen LogP contribution in [0.2, 0.25) is 0 Å². The van der Waals surface area contributed by atoms with Crippen LogP contribution in [-0.2, 0) is 28.6 Å². The van der Waals surface area contributed by atoms with Crippen LogP contribution in [0.4, 0.5) is 0 Å². The Balaban J connectivity index is 3.23. The van der Waals surface area contributed by atoms with E-state index >= 15 is 0 Å². The second kappa shape index (κ2) is 3.89. The molecule has 86 valence electrons. The van der Waals surface area contributed by atoms with Crippen molar-refractivity contribution in [3.63, 3.8) is 0 Å². The number of rotatable bonds is 4. The zero-order chi connectivity index (χ0) is 11.7. The zero-order valence-electron chi connectivity index (χ0n) is 7.79.